The summed E-state index contributed by atoms with van der Waals surface area (Å²) in [7, 11) is 0. The minimum absolute atomic E-state index is 0.156. The van der Waals surface area contributed by atoms with E-state index in [4.69, 9.17) is 9.47 Å². The van der Waals surface area contributed by atoms with Gasteiger partial charge in [0.05, 0.1) is 13.2 Å². The molecule has 0 unspecified atom stereocenters. The second-order valence-electron chi connectivity index (χ2n) is 5.45. The van der Waals surface area contributed by atoms with Gasteiger partial charge in [-0.1, -0.05) is 6.07 Å². The lowest BCUT2D eigenvalue weighted by atomic mass is 10.0. The minimum Gasteiger partial charge on any atom is -0.347 e. The molecule has 2 aliphatic heterocycles. The third-order valence-corrected chi connectivity index (χ3v) is 4.14. The molecule has 1 spiro atoms. The molecule has 0 saturated carbocycles. The highest BCUT2D eigenvalue weighted by Gasteiger charge is 2.39. The zero-order valence-electron chi connectivity index (χ0n) is 11.3. The molecule has 2 heterocycles. The molecule has 2 fully saturated rings. The lowest BCUT2D eigenvalue weighted by Crippen LogP contribution is -2.44. The van der Waals surface area contributed by atoms with Crippen LogP contribution >= 0.6 is 0 Å². The predicted molar refractivity (Wildman–Crippen MR) is 70.3 cm³/mol. The van der Waals surface area contributed by atoms with Crippen LogP contribution in [0.5, 0.6) is 0 Å². The molecule has 1 aromatic rings. The van der Waals surface area contributed by atoms with Crippen LogP contribution in [0.4, 0.5) is 4.39 Å². The van der Waals surface area contributed by atoms with Crippen LogP contribution in [0.2, 0.25) is 0 Å². The zero-order chi connectivity index (χ0) is 13.3. The fraction of sp³-hybridized carbons (Fsp3) is 0.600. The average Bonchev–Trinajstić information content (AvgIpc) is 2.85. The summed E-state index contributed by atoms with van der Waals surface area (Å²) in [6, 6.07) is 5.01. The van der Waals surface area contributed by atoms with Crippen molar-refractivity contribution in [3.8, 4) is 0 Å². The second-order valence-corrected chi connectivity index (χ2v) is 5.45. The quantitative estimate of drug-likeness (QED) is 0.820. The summed E-state index contributed by atoms with van der Waals surface area (Å²) in [4.78, 5) is 2.35. The first-order valence-corrected chi connectivity index (χ1v) is 6.92. The predicted octanol–water partition coefficient (Wildman–Crippen LogP) is 2.47. The van der Waals surface area contributed by atoms with E-state index < -0.39 is 0 Å². The highest BCUT2D eigenvalue weighted by molar-refractivity contribution is 5.26. The molecule has 3 nitrogen and oxygen atoms in total. The molecule has 0 aliphatic carbocycles. The maximum atomic E-state index is 13.3. The Labute approximate surface area is 113 Å². The summed E-state index contributed by atoms with van der Waals surface area (Å²) < 4.78 is 24.7. The standard InChI is InChI=1S/C15H20FNO2/c1-12-2-3-14(16)10-13(12)11-17-6-4-15(5-7-17)18-8-9-19-15/h2-3,10H,4-9,11H2,1H3. The molecule has 0 radical (unpaired) electrons. The molecule has 0 bridgehead atoms. The van der Waals surface area contributed by atoms with Crippen LogP contribution in [0.1, 0.15) is 24.0 Å². The maximum absolute atomic E-state index is 13.3. The minimum atomic E-state index is -0.326. The zero-order valence-corrected chi connectivity index (χ0v) is 11.3. The van der Waals surface area contributed by atoms with E-state index in [1.54, 1.807) is 6.07 Å². The van der Waals surface area contributed by atoms with Gasteiger partial charge in [-0.25, -0.2) is 4.39 Å². The number of likely N-dealkylation sites (tertiary alicyclic amines) is 1. The van der Waals surface area contributed by atoms with Crippen LogP contribution in [0.25, 0.3) is 0 Å². The third kappa shape index (κ3) is 2.81. The molecule has 1 aromatic carbocycles. The molecule has 0 amide bonds. The Morgan fingerprint density at radius 2 is 1.89 bits per heavy atom. The van der Waals surface area contributed by atoms with Crippen LogP contribution in [0, 0.1) is 12.7 Å². The number of nitrogens with zero attached hydrogens (tertiary/aromatic N) is 1. The third-order valence-electron chi connectivity index (χ3n) is 4.14. The molecule has 4 heteroatoms. The largest absolute Gasteiger partial charge is 0.347 e. The van der Waals surface area contributed by atoms with Crippen LogP contribution in [0.15, 0.2) is 18.2 Å². The molecule has 19 heavy (non-hydrogen) atoms. The molecule has 2 aliphatic rings. The summed E-state index contributed by atoms with van der Waals surface area (Å²) in [6.07, 6.45) is 1.81. The normalized spacial score (nSPS) is 23.1. The van der Waals surface area contributed by atoms with Gasteiger partial charge in [0.15, 0.2) is 5.79 Å². The summed E-state index contributed by atoms with van der Waals surface area (Å²) in [5, 5.41) is 0. The Bertz CT molecular complexity index is 447. The molecule has 0 aromatic heterocycles. The topological polar surface area (TPSA) is 21.7 Å². The van der Waals surface area contributed by atoms with Gasteiger partial charge in [-0.15, -0.1) is 0 Å². The molecule has 0 atom stereocenters. The lowest BCUT2D eigenvalue weighted by Gasteiger charge is -2.37. The first kappa shape index (κ1) is 13.0. The van der Waals surface area contributed by atoms with Gasteiger partial charge >= 0.3 is 0 Å². The number of hydrogen-bond donors (Lipinski definition) is 0. The first-order valence-electron chi connectivity index (χ1n) is 6.92. The van der Waals surface area contributed by atoms with Gasteiger partial charge in [-0.2, -0.15) is 0 Å². The van der Waals surface area contributed by atoms with Crippen molar-refractivity contribution in [3.05, 3.63) is 35.1 Å². The van der Waals surface area contributed by atoms with Crippen LogP contribution in [-0.4, -0.2) is 37.0 Å². The molecular weight excluding hydrogens is 245 g/mol. The van der Waals surface area contributed by atoms with E-state index in [0.717, 1.165) is 43.6 Å². The summed E-state index contributed by atoms with van der Waals surface area (Å²) in [5.74, 6) is -0.482. The maximum Gasteiger partial charge on any atom is 0.170 e. The fourth-order valence-electron chi connectivity index (χ4n) is 2.89. The van der Waals surface area contributed by atoms with E-state index in [2.05, 4.69) is 4.90 Å². The molecule has 3 rings (SSSR count). The van der Waals surface area contributed by atoms with Gasteiger partial charge in [0.25, 0.3) is 0 Å². The number of hydrogen-bond acceptors (Lipinski definition) is 3. The summed E-state index contributed by atoms with van der Waals surface area (Å²) in [6.45, 7) is 6.14. The Balaban J connectivity index is 1.61. The number of aryl methyl sites for hydroxylation is 1. The van der Waals surface area contributed by atoms with Crippen molar-refractivity contribution in [2.75, 3.05) is 26.3 Å². The number of piperidine rings is 1. The number of benzene rings is 1. The van der Waals surface area contributed by atoms with Gasteiger partial charge in [0.1, 0.15) is 5.82 Å². The number of ether oxygens (including phenoxy) is 2. The van der Waals surface area contributed by atoms with E-state index in [-0.39, 0.29) is 11.6 Å². The summed E-state index contributed by atoms with van der Waals surface area (Å²) in [5.41, 5.74) is 2.22. The van der Waals surface area contributed by atoms with Gasteiger partial charge in [-0.3, -0.25) is 4.90 Å². The van der Waals surface area contributed by atoms with Gasteiger partial charge < -0.3 is 9.47 Å². The van der Waals surface area contributed by atoms with Crippen LogP contribution < -0.4 is 0 Å². The van der Waals surface area contributed by atoms with Gasteiger partial charge in [0.2, 0.25) is 0 Å². The Hall–Kier alpha value is -0.970. The smallest absolute Gasteiger partial charge is 0.170 e. The van der Waals surface area contributed by atoms with Crippen molar-refractivity contribution in [2.45, 2.75) is 32.1 Å². The van der Waals surface area contributed by atoms with E-state index in [9.17, 15) is 4.39 Å². The van der Waals surface area contributed by atoms with E-state index in [0.29, 0.717) is 13.2 Å². The molecule has 104 valence electrons. The van der Waals surface area contributed by atoms with Crippen molar-refractivity contribution in [3.63, 3.8) is 0 Å². The Morgan fingerprint density at radius 1 is 1.21 bits per heavy atom. The Kier molecular flexibility index (Phi) is 3.56. The summed E-state index contributed by atoms with van der Waals surface area (Å²) >= 11 is 0. The highest BCUT2D eigenvalue weighted by atomic mass is 19.1. The van der Waals surface area contributed by atoms with Crippen molar-refractivity contribution in [1.82, 2.24) is 4.90 Å². The lowest BCUT2D eigenvalue weighted by molar-refractivity contribution is -0.185. The van der Waals surface area contributed by atoms with Gasteiger partial charge in [-0.05, 0) is 30.2 Å². The molecule has 0 N–H and O–H groups in total. The van der Waals surface area contributed by atoms with Crippen molar-refractivity contribution < 1.29 is 13.9 Å². The fourth-order valence-corrected chi connectivity index (χ4v) is 2.89. The van der Waals surface area contributed by atoms with Crippen LogP contribution in [0.3, 0.4) is 0 Å². The van der Waals surface area contributed by atoms with Gasteiger partial charge in [0, 0.05) is 32.5 Å². The Morgan fingerprint density at radius 3 is 2.58 bits per heavy atom. The first-order chi connectivity index (χ1) is 9.17. The van der Waals surface area contributed by atoms with E-state index >= 15 is 0 Å². The second kappa shape index (κ2) is 5.19. The van der Waals surface area contributed by atoms with E-state index in [1.807, 2.05) is 13.0 Å². The molecule has 2 saturated heterocycles. The monoisotopic (exact) mass is 265 g/mol. The van der Waals surface area contributed by atoms with Crippen molar-refractivity contribution in [2.24, 2.45) is 0 Å². The number of rotatable bonds is 2. The SMILES string of the molecule is Cc1ccc(F)cc1CN1CCC2(CC1)OCCO2. The van der Waals surface area contributed by atoms with Crippen molar-refractivity contribution in [1.29, 1.82) is 0 Å². The van der Waals surface area contributed by atoms with Crippen LogP contribution in [-0.2, 0) is 16.0 Å². The highest BCUT2D eigenvalue weighted by Crippen LogP contribution is 2.31. The molecular formula is C15H20FNO2. The van der Waals surface area contributed by atoms with E-state index in [1.165, 1.54) is 6.07 Å². The average molecular weight is 265 g/mol. The van der Waals surface area contributed by atoms with Crippen molar-refractivity contribution >= 4 is 0 Å². The number of halogens is 1.